The lowest BCUT2D eigenvalue weighted by Crippen LogP contribution is -2.48. The molecular formula is C22H31N5O. The maximum atomic E-state index is 12.8. The van der Waals surface area contributed by atoms with Gasteiger partial charge in [0.2, 0.25) is 0 Å². The van der Waals surface area contributed by atoms with Crippen LogP contribution < -0.4 is 4.90 Å². The van der Waals surface area contributed by atoms with Crippen LogP contribution in [0.1, 0.15) is 42.7 Å². The Bertz CT molecular complexity index is 720. The van der Waals surface area contributed by atoms with Crippen LogP contribution in [0.5, 0.6) is 0 Å². The van der Waals surface area contributed by atoms with E-state index in [0.717, 1.165) is 64.5 Å². The molecule has 0 bridgehead atoms. The molecule has 28 heavy (non-hydrogen) atoms. The maximum Gasteiger partial charge on any atom is 0.274 e. The van der Waals surface area contributed by atoms with Gasteiger partial charge in [-0.15, -0.1) is 10.2 Å². The molecule has 0 N–H and O–H groups in total. The van der Waals surface area contributed by atoms with Gasteiger partial charge in [-0.3, -0.25) is 9.69 Å². The minimum atomic E-state index is -0.0176. The number of rotatable bonds is 8. The Balaban J connectivity index is 1.54. The van der Waals surface area contributed by atoms with E-state index in [1.807, 2.05) is 23.1 Å². The van der Waals surface area contributed by atoms with Crippen LogP contribution in [0, 0.1) is 0 Å². The van der Waals surface area contributed by atoms with E-state index in [1.165, 1.54) is 5.56 Å². The minimum absolute atomic E-state index is 0.0176. The molecule has 1 aromatic heterocycles. The number of nitrogens with zero attached hydrogens (tertiary/aromatic N) is 5. The highest BCUT2D eigenvalue weighted by Crippen LogP contribution is 2.14. The van der Waals surface area contributed by atoms with Crippen LogP contribution in [0.15, 0.2) is 42.5 Å². The molecule has 1 amide bonds. The Kier molecular flexibility index (Phi) is 7.37. The number of anilines is 1. The molecule has 0 aliphatic carbocycles. The average Bonchev–Trinajstić information content (AvgIpc) is 2.74. The van der Waals surface area contributed by atoms with Gasteiger partial charge in [-0.1, -0.05) is 44.2 Å². The van der Waals surface area contributed by atoms with Crippen LogP contribution in [-0.2, 0) is 6.54 Å². The standard InChI is InChI=1S/C22H31N5O/c1-3-12-26(13-4-2)21-11-10-20(23-24-21)22(28)27-16-14-25(15-17-27)18-19-8-6-5-7-9-19/h5-11H,3-4,12-18H2,1-2H3. The summed E-state index contributed by atoms with van der Waals surface area (Å²) in [6, 6.07) is 14.2. The zero-order valence-electron chi connectivity index (χ0n) is 17.0. The Hall–Kier alpha value is -2.47. The van der Waals surface area contributed by atoms with E-state index in [1.54, 1.807) is 0 Å². The summed E-state index contributed by atoms with van der Waals surface area (Å²) in [4.78, 5) is 19.3. The molecule has 0 atom stereocenters. The molecule has 1 aromatic carbocycles. The van der Waals surface area contributed by atoms with Gasteiger partial charge in [-0.05, 0) is 30.5 Å². The predicted molar refractivity (Wildman–Crippen MR) is 112 cm³/mol. The molecule has 1 fully saturated rings. The van der Waals surface area contributed by atoms with Crippen molar-refractivity contribution in [2.24, 2.45) is 0 Å². The van der Waals surface area contributed by atoms with Gasteiger partial charge >= 0.3 is 0 Å². The number of carbonyl (C=O) groups excluding carboxylic acids is 1. The maximum absolute atomic E-state index is 12.8. The normalized spacial score (nSPS) is 14.9. The molecule has 0 spiro atoms. The molecular weight excluding hydrogens is 350 g/mol. The fourth-order valence-electron chi connectivity index (χ4n) is 3.60. The second-order valence-electron chi connectivity index (χ2n) is 7.32. The Morgan fingerprint density at radius 2 is 1.61 bits per heavy atom. The first-order valence-corrected chi connectivity index (χ1v) is 10.4. The van der Waals surface area contributed by atoms with Crippen LogP contribution in [-0.4, -0.2) is 65.2 Å². The molecule has 1 aliphatic rings. The zero-order valence-corrected chi connectivity index (χ0v) is 17.0. The number of amides is 1. The molecule has 3 rings (SSSR count). The smallest absolute Gasteiger partial charge is 0.274 e. The molecule has 0 saturated carbocycles. The number of aromatic nitrogens is 2. The first-order valence-electron chi connectivity index (χ1n) is 10.4. The third-order valence-electron chi connectivity index (χ3n) is 5.09. The van der Waals surface area contributed by atoms with Gasteiger partial charge in [0.05, 0.1) is 0 Å². The van der Waals surface area contributed by atoms with Crippen molar-refractivity contribution in [3.05, 3.63) is 53.7 Å². The van der Waals surface area contributed by atoms with E-state index in [0.29, 0.717) is 5.69 Å². The average molecular weight is 382 g/mol. The largest absolute Gasteiger partial charge is 0.355 e. The molecule has 0 unspecified atom stereocenters. The van der Waals surface area contributed by atoms with Crippen LogP contribution >= 0.6 is 0 Å². The summed E-state index contributed by atoms with van der Waals surface area (Å²) in [6.07, 6.45) is 2.13. The zero-order chi connectivity index (χ0) is 19.8. The molecule has 6 nitrogen and oxygen atoms in total. The summed E-state index contributed by atoms with van der Waals surface area (Å²) in [6.45, 7) is 10.4. The second kappa shape index (κ2) is 10.2. The lowest BCUT2D eigenvalue weighted by Gasteiger charge is -2.34. The van der Waals surface area contributed by atoms with Gasteiger partial charge in [0.1, 0.15) is 0 Å². The minimum Gasteiger partial charge on any atom is -0.355 e. The Morgan fingerprint density at radius 3 is 2.18 bits per heavy atom. The van der Waals surface area contributed by atoms with Crippen LogP contribution in [0.4, 0.5) is 5.82 Å². The molecule has 150 valence electrons. The van der Waals surface area contributed by atoms with E-state index >= 15 is 0 Å². The van der Waals surface area contributed by atoms with Crippen LogP contribution in [0.3, 0.4) is 0 Å². The first kappa shape index (κ1) is 20.3. The van der Waals surface area contributed by atoms with Crippen molar-refractivity contribution in [1.29, 1.82) is 0 Å². The van der Waals surface area contributed by atoms with Gasteiger partial charge < -0.3 is 9.80 Å². The highest BCUT2D eigenvalue weighted by molar-refractivity contribution is 5.92. The number of hydrogen-bond donors (Lipinski definition) is 0. The summed E-state index contributed by atoms with van der Waals surface area (Å²) in [7, 11) is 0. The number of benzene rings is 1. The summed E-state index contributed by atoms with van der Waals surface area (Å²) >= 11 is 0. The van der Waals surface area contributed by atoms with E-state index in [-0.39, 0.29) is 5.91 Å². The Labute approximate surface area is 168 Å². The third kappa shape index (κ3) is 5.29. The summed E-state index contributed by atoms with van der Waals surface area (Å²) in [5.74, 6) is 0.837. The molecule has 1 aliphatic heterocycles. The highest BCUT2D eigenvalue weighted by atomic mass is 16.2. The summed E-state index contributed by atoms with van der Waals surface area (Å²) in [5.41, 5.74) is 1.75. The van der Waals surface area contributed by atoms with Gasteiger partial charge in [-0.2, -0.15) is 0 Å². The van der Waals surface area contributed by atoms with Crippen molar-refractivity contribution in [2.45, 2.75) is 33.2 Å². The van der Waals surface area contributed by atoms with Crippen molar-refractivity contribution >= 4 is 11.7 Å². The number of hydrogen-bond acceptors (Lipinski definition) is 5. The fraction of sp³-hybridized carbons (Fsp3) is 0.500. The van der Waals surface area contributed by atoms with E-state index in [4.69, 9.17) is 0 Å². The van der Waals surface area contributed by atoms with E-state index < -0.39 is 0 Å². The number of carbonyl (C=O) groups is 1. The van der Waals surface area contributed by atoms with Gasteiger partial charge in [0.25, 0.3) is 5.91 Å². The van der Waals surface area contributed by atoms with Crippen molar-refractivity contribution in [1.82, 2.24) is 20.0 Å². The monoisotopic (exact) mass is 381 g/mol. The molecule has 2 aromatic rings. The lowest BCUT2D eigenvalue weighted by molar-refractivity contribution is 0.0621. The SMILES string of the molecule is CCCN(CCC)c1ccc(C(=O)N2CCN(Cc3ccccc3)CC2)nn1. The molecule has 0 radical (unpaired) electrons. The molecule has 1 saturated heterocycles. The highest BCUT2D eigenvalue weighted by Gasteiger charge is 2.23. The van der Waals surface area contributed by atoms with Crippen molar-refractivity contribution in [2.75, 3.05) is 44.2 Å². The second-order valence-corrected chi connectivity index (χ2v) is 7.32. The summed E-state index contributed by atoms with van der Waals surface area (Å²) in [5, 5.41) is 8.55. The van der Waals surface area contributed by atoms with Gasteiger partial charge in [0, 0.05) is 45.8 Å². The van der Waals surface area contributed by atoms with Crippen molar-refractivity contribution in [3.63, 3.8) is 0 Å². The van der Waals surface area contributed by atoms with Crippen LogP contribution in [0.25, 0.3) is 0 Å². The number of piperazine rings is 1. The van der Waals surface area contributed by atoms with E-state index in [2.05, 4.69) is 58.1 Å². The van der Waals surface area contributed by atoms with Gasteiger partial charge in [0.15, 0.2) is 11.5 Å². The first-order chi connectivity index (χ1) is 13.7. The summed E-state index contributed by atoms with van der Waals surface area (Å²) < 4.78 is 0. The van der Waals surface area contributed by atoms with Crippen molar-refractivity contribution < 1.29 is 4.79 Å². The Morgan fingerprint density at radius 1 is 0.929 bits per heavy atom. The molecule has 2 heterocycles. The lowest BCUT2D eigenvalue weighted by atomic mass is 10.2. The van der Waals surface area contributed by atoms with Gasteiger partial charge in [-0.25, -0.2) is 0 Å². The van der Waals surface area contributed by atoms with Crippen LogP contribution in [0.2, 0.25) is 0 Å². The van der Waals surface area contributed by atoms with E-state index in [9.17, 15) is 4.79 Å². The fourth-order valence-corrected chi connectivity index (χ4v) is 3.60. The van der Waals surface area contributed by atoms with Crippen molar-refractivity contribution in [3.8, 4) is 0 Å². The quantitative estimate of drug-likeness (QED) is 0.703. The topological polar surface area (TPSA) is 52.6 Å². The predicted octanol–water partition coefficient (Wildman–Crippen LogP) is 3.06. The third-order valence-corrected chi connectivity index (χ3v) is 5.09. The molecule has 6 heteroatoms.